The Morgan fingerprint density at radius 3 is 2.38 bits per heavy atom. The van der Waals surface area contributed by atoms with Gasteiger partial charge in [0.1, 0.15) is 11.3 Å². The average Bonchev–Trinajstić information content (AvgIpc) is 2.12. The minimum atomic E-state index is -0.501. The van der Waals surface area contributed by atoms with Crippen molar-refractivity contribution in [1.82, 2.24) is 0 Å². The van der Waals surface area contributed by atoms with E-state index in [-0.39, 0.29) is 11.3 Å². The number of hydrogen-bond donors (Lipinski definition) is 1. The fraction of sp³-hybridized carbons (Fsp3) is 0.300. The molecule has 0 heterocycles. The fourth-order valence-corrected chi connectivity index (χ4v) is 1.16. The fourth-order valence-electron chi connectivity index (χ4n) is 1.16. The monoisotopic (exact) mass is 180 g/mol. The summed E-state index contributed by atoms with van der Waals surface area (Å²) in [5.41, 5.74) is 1.64. The van der Waals surface area contributed by atoms with Gasteiger partial charge < -0.3 is 9.84 Å². The van der Waals surface area contributed by atoms with Crippen LogP contribution in [0.2, 0.25) is 0 Å². The maximum atomic E-state index is 11.2. The number of benzene rings is 1. The molecule has 0 spiro atoms. The summed E-state index contributed by atoms with van der Waals surface area (Å²) in [6.45, 7) is 3.49. The van der Waals surface area contributed by atoms with Gasteiger partial charge in [-0.1, -0.05) is 12.1 Å². The molecule has 3 heteroatoms. The van der Waals surface area contributed by atoms with Gasteiger partial charge in [-0.2, -0.15) is 0 Å². The van der Waals surface area contributed by atoms with Crippen LogP contribution in [0.5, 0.6) is 5.75 Å². The van der Waals surface area contributed by atoms with E-state index in [1.165, 1.54) is 7.11 Å². The van der Waals surface area contributed by atoms with Crippen molar-refractivity contribution < 1.29 is 14.6 Å². The zero-order valence-corrected chi connectivity index (χ0v) is 7.92. The molecule has 3 nitrogen and oxygen atoms in total. The number of rotatable bonds is 1. The summed E-state index contributed by atoms with van der Waals surface area (Å²) in [4.78, 5) is 11.2. The van der Waals surface area contributed by atoms with Crippen LogP contribution >= 0.6 is 0 Å². The Morgan fingerprint density at radius 2 is 1.85 bits per heavy atom. The molecule has 0 saturated carbocycles. The molecule has 0 saturated heterocycles. The quantitative estimate of drug-likeness (QED) is 0.670. The van der Waals surface area contributed by atoms with E-state index >= 15 is 0 Å². The highest BCUT2D eigenvalue weighted by Gasteiger charge is 2.15. The van der Waals surface area contributed by atoms with Crippen LogP contribution in [0, 0.1) is 13.8 Å². The summed E-state index contributed by atoms with van der Waals surface area (Å²) in [5, 5.41) is 9.58. The molecular weight excluding hydrogens is 168 g/mol. The van der Waals surface area contributed by atoms with E-state index < -0.39 is 5.97 Å². The molecule has 0 aliphatic carbocycles. The lowest BCUT2D eigenvalue weighted by Crippen LogP contribution is -2.04. The lowest BCUT2D eigenvalue weighted by atomic mass is 10.0. The van der Waals surface area contributed by atoms with Crippen molar-refractivity contribution in [3.63, 3.8) is 0 Å². The van der Waals surface area contributed by atoms with Crippen LogP contribution < -0.4 is 0 Å². The van der Waals surface area contributed by atoms with Gasteiger partial charge in [0.05, 0.1) is 7.11 Å². The van der Waals surface area contributed by atoms with Gasteiger partial charge in [-0.25, -0.2) is 4.79 Å². The molecule has 70 valence electrons. The van der Waals surface area contributed by atoms with Gasteiger partial charge in [-0.15, -0.1) is 0 Å². The van der Waals surface area contributed by atoms with Crippen LogP contribution in [-0.2, 0) is 4.74 Å². The lowest BCUT2D eigenvalue weighted by Gasteiger charge is -2.07. The molecule has 0 atom stereocenters. The molecule has 0 radical (unpaired) electrons. The first-order valence-corrected chi connectivity index (χ1v) is 3.95. The van der Waals surface area contributed by atoms with Crippen molar-refractivity contribution >= 4 is 5.97 Å². The Hall–Kier alpha value is -1.51. The third-order valence-electron chi connectivity index (χ3n) is 1.98. The van der Waals surface area contributed by atoms with Gasteiger partial charge in [-0.05, 0) is 25.0 Å². The number of methoxy groups -OCH3 is 1. The Morgan fingerprint density at radius 1 is 1.31 bits per heavy atom. The van der Waals surface area contributed by atoms with E-state index in [0.29, 0.717) is 5.56 Å². The van der Waals surface area contributed by atoms with Gasteiger partial charge in [0.15, 0.2) is 0 Å². The molecular formula is C10H12O3. The second kappa shape index (κ2) is 3.47. The Labute approximate surface area is 77.0 Å². The standard InChI is InChI=1S/C10H12O3/c1-6-4-5-7(2)9(11)8(6)10(12)13-3/h4-5,11H,1-3H3. The first-order chi connectivity index (χ1) is 6.07. The third-order valence-corrected chi connectivity index (χ3v) is 1.98. The zero-order chi connectivity index (χ0) is 10.0. The minimum Gasteiger partial charge on any atom is -0.507 e. The number of aromatic hydroxyl groups is 1. The van der Waals surface area contributed by atoms with Gasteiger partial charge in [0, 0.05) is 0 Å². The van der Waals surface area contributed by atoms with Gasteiger partial charge in [0.25, 0.3) is 0 Å². The maximum Gasteiger partial charge on any atom is 0.341 e. The molecule has 1 aromatic rings. The van der Waals surface area contributed by atoms with Crippen LogP contribution in [0.3, 0.4) is 0 Å². The summed E-state index contributed by atoms with van der Waals surface area (Å²) >= 11 is 0. The highest BCUT2D eigenvalue weighted by molar-refractivity contribution is 5.94. The number of hydrogen-bond acceptors (Lipinski definition) is 3. The number of carbonyl (C=O) groups is 1. The maximum absolute atomic E-state index is 11.2. The molecule has 0 aliphatic rings. The van der Waals surface area contributed by atoms with Gasteiger partial charge in [-0.3, -0.25) is 0 Å². The van der Waals surface area contributed by atoms with Crippen molar-refractivity contribution in [2.75, 3.05) is 7.11 Å². The molecule has 1 N–H and O–H groups in total. The van der Waals surface area contributed by atoms with E-state index in [9.17, 15) is 9.90 Å². The topological polar surface area (TPSA) is 46.5 Å². The summed E-state index contributed by atoms with van der Waals surface area (Å²) in [6.07, 6.45) is 0. The molecule has 0 amide bonds. The molecule has 1 rings (SSSR count). The molecule has 0 aliphatic heterocycles. The number of phenolic OH excluding ortho intramolecular Hbond substituents is 1. The van der Waals surface area contributed by atoms with E-state index in [0.717, 1.165) is 5.56 Å². The first-order valence-electron chi connectivity index (χ1n) is 3.95. The highest BCUT2D eigenvalue weighted by Crippen LogP contribution is 2.25. The van der Waals surface area contributed by atoms with Crippen LogP contribution in [-0.4, -0.2) is 18.2 Å². The highest BCUT2D eigenvalue weighted by atomic mass is 16.5. The predicted octanol–water partition coefficient (Wildman–Crippen LogP) is 1.80. The van der Waals surface area contributed by atoms with Crippen molar-refractivity contribution in [1.29, 1.82) is 0 Å². The number of ether oxygens (including phenoxy) is 1. The van der Waals surface area contributed by atoms with Crippen LogP contribution in [0.1, 0.15) is 21.5 Å². The number of carbonyl (C=O) groups excluding carboxylic acids is 1. The smallest absolute Gasteiger partial charge is 0.341 e. The number of phenols is 1. The van der Waals surface area contributed by atoms with E-state index in [2.05, 4.69) is 4.74 Å². The zero-order valence-electron chi connectivity index (χ0n) is 7.92. The minimum absolute atomic E-state index is 0.00634. The van der Waals surface area contributed by atoms with Crippen LogP contribution in [0.15, 0.2) is 12.1 Å². The predicted molar refractivity (Wildman–Crippen MR) is 48.9 cm³/mol. The Kier molecular flexibility index (Phi) is 2.56. The van der Waals surface area contributed by atoms with Crippen LogP contribution in [0.25, 0.3) is 0 Å². The lowest BCUT2D eigenvalue weighted by molar-refractivity contribution is 0.0596. The first kappa shape index (κ1) is 9.58. The van der Waals surface area contributed by atoms with Crippen molar-refractivity contribution in [2.45, 2.75) is 13.8 Å². The van der Waals surface area contributed by atoms with Crippen molar-refractivity contribution in [2.24, 2.45) is 0 Å². The second-order valence-corrected chi connectivity index (χ2v) is 2.91. The summed E-state index contributed by atoms with van der Waals surface area (Å²) in [5.74, 6) is -0.495. The summed E-state index contributed by atoms with van der Waals surface area (Å²) < 4.78 is 4.55. The van der Waals surface area contributed by atoms with E-state index in [1.54, 1.807) is 26.0 Å². The molecule has 13 heavy (non-hydrogen) atoms. The van der Waals surface area contributed by atoms with Crippen molar-refractivity contribution in [3.8, 4) is 5.75 Å². The van der Waals surface area contributed by atoms with Crippen LogP contribution in [0.4, 0.5) is 0 Å². The number of esters is 1. The summed E-state index contributed by atoms with van der Waals surface area (Å²) in [6, 6.07) is 3.54. The molecule has 0 aromatic heterocycles. The molecule has 1 aromatic carbocycles. The van der Waals surface area contributed by atoms with Crippen molar-refractivity contribution in [3.05, 3.63) is 28.8 Å². The van der Waals surface area contributed by atoms with Gasteiger partial charge in [0.2, 0.25) is 0 Å². The normalized spacial score (nSPS) is 9.77. The van der Waals surface area contributed by atoms with E-state index in [1.807, 2.05) is 0 Å². The number of aryl methyl sites for hydroxylation is 2. The Bertz CT molecular complexity index is 342. The Balaban J connectivity index is 3.33. The SMILES string of the molecule is COC(=O)c1c(C)ccc(C)c1O. The van der Waals surface area contributed by atoms with E-state index in [4.69, 9.17) is 0 Å². The molecule has 0 bridgehead atoms. The molecule has 0 unspecified atom stereocenters. The third kappa shape index (κ3) is 1.64. The molecule has 0 fully saturated rings. The largest absolute Gasteiger partial charge is 0.507 e. The summed E-state index contributed by atoms with van der Waals surface area (Å²) in [7, 11) is 1.30. The second-order valence-electron chi connectivity index (χ2n) is 2.91. The average molecular weight is 180 g/mol. The van der Waals surface area contributed by atoms with Gasteiger partial charge >= 0.3 is 5.97 Å².